The van der Waals surface area contributed by atoms with Gasteiger partial charge in [0.05, 0.1) is 19.8 Å². The van der Waals surface area contributed by atoms with E-state index in [4.69, 9.17) is 18.9 Å². The van der Waals surface area contributed by atoms with Gasteiger partial charge < -0.3 is 18.9 Å². The topological polar surface area (TPSA) is 40.2 Å². The van der Waals surface area contributed by atoms with Gasteiger partial charge in [0.2, 0.25) is 6.79 Å². The molecule has 0 saturated carbocycles. The highest BCUT2D eigenvalue weighted by molar-refractivity contribution is 5.44. The molecule has 0 amide bonds. The van der Waals surface area contributed by atoms with Crippen molar-refractivity contribution in [1.82, 2.24) is 0 Å². The first-order valence-electron chi connectivity index (χ1n) is 5.35. The van der Waals surface area contributed by atoms with Gasteiger partial charge in [0.15, 0.2) is 11.5 Å². The van der Waals surface area contributed by atoms with Gasteiger partial charge in [-0.3, -0.25) is 0 Å². The van der Waals surface area contributed by atoms with E-state index in [1.165, 1.54) is 0 Å². The van der Waals surface area contributed by atoms with Crippen LogP contribution in [0.4, 0.5) is 0 Å². The number of ether oxygens (including phenoxy) is 4. The Kier molecular flexibility index (Phi) is 2.26. The van der Waals surface area contributed by atoms with Crippen LogP contribution in [0.1, 0.15) is 12.5 Å². The first-order chi connectivity index (χ1) is 7.75. The molecule has 86 valence electrons. The monoisotopic (exact) mass is 222 g/mol. The Morgan fingerprint density at radius 1 is 1.31 bits per heavy atom. The molecule has 1 fully saturated rings. The summed E-state index contributed by atoms with van der Waals surface area (Å²) < 4.78 is 21.4. The molecule has 0 N–H and O–H groups in total. The van der Waals surface area contributed by atoms with E-state index in [1.807, 2.05) is 25.1 Å². The zero-order chi connectivity index (χ0) is 11.0. The van der Waals surface area contributed by atoms with Crippen molar-refractivity contribution in [3.8, 4) is 11.5 Å². The Morgan fingerprint density at radius 3 is 2.94 bits per heavy atom. The summed E-state index contributed by atoms with van der Waals surface area (Å²) >= 11 is 0. The highest BCUT2D eigenvalue weighted by atomic mass is 16.7. The van der Waals surface area contributed by atoms with Crippen LogP contribution in [0.15, 0.2) is 18.2 Å². The van der Waals surface area contributed by atoms with Crippen LogP contribution in [0.5, 0.6) is 11.5 Å². The minimum atomic E-state index is -0.0453. The molecule has 0 aromatic heterocycles. The van der Waals surface area contributed by atoms with Crippen molar-refractivity contribution >= 4 is 0 Å². The van der Waals surface area contributed by atoms with Crippen LogP contribution >= 0.6 is 0 Å². The molecule has 1 unspecified atom stereocenters. The van der Waals surface area contributed by atoms with Crippen LogP contribution in [0.2, 0.25) is 0 Å². The molecule has 1 aromatic rings. The SMILES string of the molecule is CC1(COCc2ccc3c(c2)OCO3)CO1. The van der Waals surface area contributed by atoms with Gasteiger partial charge in [-0.2, -0.15) is 0 Å². The molecule has 0 spiro atoms. The fraction of sp³-hybridized carbons (Fsp3) is 0.500. The average Bonchev–Trinajstić information content (AvgIpc) is 2.84. The van der Waals surface area contributed by atoms with E-state index < -0.39 is 0 Å². The number of rotatable bonds is 4. The third-order valence-corrected chi connectivity index (χ3v) is 2.75. The van der Waals surface area contributed by atoms with Crippen LogP contribution in [0, 0.1) is 0 Å². The molecular formula is C12H14O4. The van der Waals surface area contributed by atoms with E-state index in [2.05, 4.69) is 0 Å². The molecule has 1 aromatic carbocycles. The number of epoxide rings is 1. The fourth-order valence-corrected chi connectivity index (χ4v) is 1.62. The van der Waals surface area contributed by atoms with Gasteiger partial charge in [-0.15, -0.1) is 0 Å². The molecule has 4 nitrogen and oxygen atoms in total. The predicted molar refractivity (Wildman–Crippen MR) is 56.6 cm³/mol. The maximum Gasteiger partial charge on any atom is 0.231 e. The molecule has 2 aliphatic rings. The van der Waals surface area contributed by atoms with Crippen LogP contribution < -0.4 is 9.47 Å². The normalized spacial score (nSPS) is 25.8. The summed E-state index contributed by atoms with van der Waals surface area (Å²) in [7, 11) is 0. The zero-order valence-corrected chi connectivity index (χ0v) is 9.19. The minimum absolute atomic E-state index is 0.0453. The quantitative estimate of drug-likeness (QED) is 0.727. The second-order valence-electron chi connectivity index (χ2n) is 4.42. The van der Waals surface area contributed by atoms with Crippen LogP contribution in [-0.2, 0) is 16.1 Å². The molecule has 16 heavy (non-hydrogen) atoms. The van der Waals surface area contributed by atoms with Gasteiger partial charge in [0, 0.05) is 0 Å². The van der Waals surface area contributed by atoms with Gasteiger partial charge >= 0.3 is 0 Å². The van der Waals surface area contributed by atoms with Gasteiger partial charge in [-0.1, -0.05) is 6.07 Å². The summed E-state index contributed by atoms with van der Waals surface area (Å²) in [6.45, 7) is 4.38. The van der Waals surface area contributed by atoms with Crippen molar-refractivity contribution in [1.29, 1.82) is 0 Å². The lowest BCUT2D eigenvalue weighted by molar-refractivity contribution is 0.0741. The molecule has 0 bridgehead atoms. The first kappa shape index (κ1) is 9.93. The van der Waals surface area contributed by atoms with Crippen molar-refractivity contribution in [2.75, 3.05) is 20.0 Å². The maximum atomic E-state index is 5.59. The van der Waals surface area contributed by atoms with Crippen LogP contribution in [-0.4, -0.2) is 25.6 Å². The Labute approximate surface area is 94.1 Å². The number of fused-ring (bicyclic) bond motifs is 1. The molecule has 4 heteroatoms. The summed E-state index contributed by atoms with van der Waals surface area (Å²) in [5.74, 6) is 1.61. The predicted octanol–water partition coefficient (Wildman–Crippen LogP) is 1.72. The van der Waals surface area contributed by atoms with Crippen molar-refractivity contribution in [3.05, 3.63) is 23.8 Å². The molecule has 3 rings (SSSR count). The zero-order valence-electron chi connectivity index (χ0n) is 9.19. The molecule has 2 aliphatic heterocycles. The number of hydrogen-bond acceptors (Lipinski definition) is 4. The first-order valence-corrected chi connectivity index (χ1v) is 5.35. The molecular weight excluding hydrogens is 208 g/mol. The van der Waals surface area contributed by atoms with Gasteiger partial charge in [0.25, 0.3) is 0 Å². The second-order valence-corrected chi connectivity index (χ2v) is 4.42. The summed E-state index contributed by atoms with van der Waals surface area (Å²) in [6, 6.07) is 5.86. The summed E-state index contributed by atoms with van der Waals surface area (Å²) in [6.07, 6.45) is 0. The number of benzene rings is 1. The Bertz CT molecular complexity index is 398. The highest BCUT2D eigenvalue weighted by Crippen LogP contribution is 2.33. The Balaban J connectivity index is 1.58. The summed E-state index contributed by atoms with van der Waals surface area (Å²) in [4.78, 5) is 0. The van der Waals surface area contributed by atoms with E-state index in [1.54, 1.807) is 0 Å². The molecule has 1 atom stereocenters. The van der Waals surface area contributed by atoms with E-state index in [-0.39, 0.29) is 5.60 Å². The van der Waals surface area contributed by atoms with E-state index in [9.17, 15) is 0 Å². The van der Waals surface area contributed by atoms with Crippen molar-refractivity contribution in [3.63, 3.8) is 0 Å². The van der Waals surface area contributed by atoms with Crippen molar-refractivity contribution in [2.24, 2.45) is 0 Å². The van der Waals surface area contributed by atoms with Gasteiger partial charge in [-0.25, -0.2) is 0 Å². The lowest BCUT2D eigenvalue weighted by Crippen LogP contribution is -2.14. The standard InChI is InChI=1S/C12H14O4/c1-12(7-16-12)6-13-5-9-2-3-10-11(4-9)15-8-14-10/h2-4H,5-8H2,1H3. The van der Waals surface area contributed by atoms with Crippen molar-refractivity contribution in [2.45, 2.75) is 19.1 Å². The summed E-state index contributed by atoms with van der Waals surface area (Å²) in [5, 5.41) is 0. The fourth-order valence-electron chi connectivity index (χ4n) is 1.62. The number of hydrogen-bond donors (Lipinski definition) is 0. The largest absolute Gasteiger partial charge is 0.454 e. The molecule has 2 heterocycles. The third kappa shape index (κ3) is 1.99. The van der Waals surface area contributed by atoms with Gasteiger partial charge in [0.1, 0.15) is 5.60 Å². The second kappa shape index (κ2) is 3.64. The Hall–Kier alpha value is -1.26. The lowest BCUT2D eigenvalue weighted by atomic mass is 10.2. The lowest BCUT2D eigenvalue weighted by Gasteiger charge is -2.07. The average molecular weight is 222 g/mol. The highest BCUT2D eigenvalue weighted by Gasteiger charge is 2.39. The Morgan fingerprint density at radius 2 is 2.12 bits per heavy atom. The molecule has 1 saturated heterocycles. The van der Waals surface area contributed by atoms with Crippen LogP contribution in [0.25, 0.3) is 0 Å². The third-order valence-electron chi connectivity index (χ3n) is 2.75. The molecule has 0 aliphatic carbocycles. The van der Waals surface area contributed by atoms with Gasteiger partial charge in [-0.05, 0) is 24.6 Å². The smallest absolute Gasteiger partial charge is 0.231 e. The minimum Gasteiger partial charge on any atom is -0.454 e. The van der Waals surface area contributed by atoms with E-state index in [0.29, 0.717) is 20.0 Å². The maximum absolute atomic E-state index is 5.59. The van der Waals surface area contributed by atoms with Crippen molar-refractivity contribution < 1.29 is 18.9 Å². The summed E-state index contributed by atoms with van der Waals surface area (Å²) in [5.41, 5.74) is 1.05. The van der Waals surface area contributed by atoms with E-state index >= 15 is 0 Å². The molecule has 0 radical (unpaired) electrons. The van der Waals surface area contributed by atoms with Crippen LogP contribution in [0.3, 0.4) is 0 Å². The van der Waals surface area contributed by atoms with E-state index in [0.717, 1.165) is 23.7 Å².